The highest BCUT2D eigenvalue weighted by Crippen LogP contribution is 2.25. The largest absolute Gasteiger partial charge is 0.491 e. The van der Waals surface area contributed by atoms with Gasteiger partial charge in [0.25, 0.3) is 0 Å². The van der Waals surface area contributed by atoms with Crippen LogP contribution in [0.15, 0.2) is 18.2 Å². The number of ether oxygens (including phenoxy) is 2. The summed E-state index contributed by atoms with van der Waals surface area (Å²) < 4.78 is 11.6. The first-order valence-corrected chi connectivity index (χ1v) is 7.31. The van der Waals surface area contributed by atoms with Crippen molar-refractivity contribution in [2.75, 3.05) is 13.2 Å². The molecule has 4 heteroatoms. The number of hydrogen-bond acceptors (Lipinski definition) is 3. The van der Waals surface area contributed by atoms with Crippen LogP contribution in [-0.4, -0.2) is 25.4 Å². The van der Waals surface area contributed by atoms with Crippen molar-refractivity contribution in [3.8, 4) is 5.75 Å². The van der Waals surface area contributed by atoms with Crippen LogP contribution < -0.4 is 10.5 Å². The fourth-order valence-electron chi connectivity index (χ4n) is 2.32. The molecule has 0 saturated carbocycles. The molecule has 1 aliphatic rings. The van der Waals surface area contributed by atoms with Crippen molar-refractivity contribution in [1.82, 2.24) is 0 Å². The van der Waals surface area contributed by atoms with Gasteiger partial charge in [-0.1, -0.05) is 11.6 Å². The van der Waals surface area contributed by atoms with Gasteiger partial charge in [-0.05, 0) is 56.4 Å². The Morgan fingerprint density at radius 2 is 2.32 bits per heavy atom. The summed E-state index contributed by atoms with van der Waals surface area (Å²) in [4.78, 5) is 0. The van der Waals surface area contributed by atoms with Crippen LogP contribution in [-0.2, 0) is 11.2 Å². The zero-order chi connectivity index (χ0) is 13.7. The molecule has 2 N–H and O–H groups in total. The topological polar surface area (TPSA) is 44.5 Å². The van der Waals surface area contributed by atoms with Gasteiger partial charge in [0.2, 0.25) is 0 Å². The Labute approximate surface area is 120 Å². The van der Waals surface area contributed by atoms with Crippen LogP contribution >= 0.6 is 11.6 Å². The lowest BCUT2D eigenvalue weighted by molar-refractivity contribution is -0.0112. The Morgan fingerprint density at radius 3 is 3.00 bits per heavy atom. The van der Waals surface area contributed by atoms with Gasteiger partial charge in [0.15, 0.2) is 0 Å². The van der Waals surface area contributed by atoms with E-state index in [1.54, 1.807) is 0 Å². The molecule has 0 bridgehead atoms. The molecule has 0 spiro atoms. The molecule has 1 aromatic rings. The maximum atomic E-state index is 6.03. The molecule has 0 aliphatic carbocycles. The number of rotatable bonds is 5. The zero-order valence-electron chi connectivity index (χ0n) is 11.4. The third-order valence-electron chi connectivity index (χ3n) is 3.26. The Morgan fingerprint density at radius 1 is 1.47 bits per heavy atom. The molecule has 0 amide bonds. The van der Waals surface area contributed by atoms with Gasteiger partial charge in [-0.2, -0.15) is 0 Å². The highest BCUT2D eigenvalue weighted by molar-refractivity contribution is 6.30. The van der Waals surface area contributed by atoms with E-state index in [4.69, 9.17) is 26.8 Å². The minimum absolute atomic E-state index is 0.0896. The van der Waals surface area contributed by atoms with E-state index >= 15 is 0 Å². The normalized spacial score (nSPS) is 21.1. The van der Waals surface area contributed by atoms with Crippen molar-refractivity contribution in [2.24, 2.45) is 5.73 Å². The van der Waals surface area contributed by atoms with Crippen molar-refractivity contribution >= 4 is 11.6 Å². The summed E-state index contributed by atoms with van der Waals surface area (Å²) in [6.45, 7) is 3.43. The standard InChI is InChI=1S/C15H22ClNO2/c1-11(17)8-12-9-13(16)5-6-15(12)19-10-14-4-2-3-7-18-14/h5-6,9,11,14H,2-4,7-8,10,17H2,1H3. The van der Waals surface area contributed by atoms with Gasteiger partial charge < -0.3 is 15.2 Å². The summed E-state index contributed by atoms with van der Waals surface area (Å²) in [5.74, 6) is 0.871. The second-order valence-electron chi connectivity index (χ2n) is 5.23. The molecule has 3 nitrogen and oxygen atoms in total. The summed E-state index contributed by atoms with van der Waals surface area (Å²) >= 11 is 6.03. The smallest absolute Gasteiger partial charge is 0.122 e. The van der Waals surface area contributed by atoms with Crippen molar-refractivity contribution in [3.05, 3.63) is 28.8 Å². The minimum Gasteiger partial charge on any atom is -0.491 e. The van der Waals surface area contributed by atoms with Gasteiger partial charge in [-0.15, -0.1) is 0 Å². The number of halogens is 1. The zero-order valence-corrected chi connectivity index (χ0v) is 12.2. The van der Waals surface area contributed by atoms with E-state index in [2.05, 4.69) is 0 Å². The monoisotopic (exact) mass is 283 g/mol. The summed E-state index contributed by atoms with van der Waals surface area (Å²) in [5.41, 5.74) is 6.93. The lowest BCUT2D eigenvalue weighted by atomic mass is 10.1. The van der Waals surface area contributed by atoms with Gasteiger partial charge in [0.1, 0.15) is 12.4 Å². The summed E-state index contributed by atoms with van der Waals surface area (Å²) in [7, 11) is 0. The van der Waals surface area contributed by atoms with Gasteiger partial charge in [-0.25, -0.2) is 0 Å². The Balaban J connectivity index is 1.97. The van der Waals surface area contributed by atoms with Gasteiger partial charge in [0.05, 0.1) is 6.10 Å². The van der Waals surface area contributed by atoms with Crippen LogP contribution in [0.2, 0.25) is 5.02 Å². The predicted octanol–water partition coefficient (Wildman–Crippen LogP) is 3.18. The summed E-state index contributed by atoms with van der Waals surface area (Å²) in [6.07, 6.45) is 4.44. The molecule has 2 rings (SSSR count). The van der Waals surface area contributed by atoms with Crippen LogP contribution in [0.4, 0.5) is 0 Å². The summed E-state index contributed by atoms with van der Waals surface area (Å²) in [5, 5.41) is 0.719. The predicted molar refractivity (Wildman–Crippen MR) is 77.9 cm³/mol. The van der Waals surface area contributed by atoms with Crippen LogP contribution in [0, 0.1) is 0 Å². The van der Waals surface area contributed by atoms with Crippen LogP contribution in [0.3, 0.4) is 0 Å². The van der Waals surface area contributed by atoms with E-state index in [-0.39, 0.29) is 12.1 Å². The second-order valence-corrected chi connectivity index (χ2v) is 5.67. The number of nitrogens with two attached hydrogens (primary N) is 1. The SMILES string of the molecule is CC(N)Cc1cc(Cl)ccc1OCC1CCCCO1. The molecule has 0 radical (unpaired) electrons. The third kappa shape index (κ3) is 4.68. The van der Waals surface area contributed by atoms with E-state index < -0.39 is 0 Å². The molecule has 1 heterocycles. The quantitative estimate of drug-likeness (QED) is 0.903. The Hall–Kier alpha value is -0.770. The van der Waals surface area contributed by atoms with Crippen molar-refractivity contribution in [2.45, 2.75) is 44.8 Å². The van der Waals surface area contributed by atoms with Gasteiger partial charge >= 0.3 is 0 Å². The second kappa shape index (κ2) is 7.13. The van der Waals surface area contributed by atoms with E-state index in [1.807, 2.05) is 25.1 Å². The average Bonchev–Trinajstić information content (AvgIpc) is 2.38. The van der Waals surface area contributed by atoms with Crippen molar-refractivity contribution < 1.29 is 9.47 Å². The van der Waals surface area contributed by atoms with Crippen LogP contribution in [0.25, 0.3) is 0 Å². The van der Waals surface area contributed by atoms with E-state index in [0.717, 1.165) is 42.2 Å². The molecule has 1 aromatic carbocycles. The minimum atomic E-state index is 0.0896. The Bertz CT molecular complexity index is 403. The average molecular weight is 284 g/mol. The van der Waals surface area contributed by atoms with E-state index in [0.29, 0.717) is 6.61 Å². The molecular weight excluding hydrogens is 262 g/mol. The molecule has 2 unspecified atom stereocenters. The first-order valence-electron chi connectivity index (χ1n) is 6.93. The highest BCUT2D eigenvalue weighted by atomic mass is 35.5. The number of hydrogen-bond donors (Lipinski definition) is 1. The fraction of sp³-hybridized carbons (Fsp3) is 0.600. The highest BCUT2D eigenvalue weighted by Gasteiger charge is 2.15. The molecule has 2 atom stereocenters. The third-order valence-corrected chi connectivity index (χ3v) is 3.50. The van der Waals surface area contributed by atoms with E-state index in [9.17, 15) is 0 Å². The molecule has 1 aliphatic heterocycles. The number of benzene rings is 1. The first-order chi connectivity index (χ1) is 9.15. The van der Waals surface area contributed by atoms with Gasteiger partial charge in [-0.3, -0.25) is 0 Å². The van der Waals surface area contributed by atoms with E-state index in [1.165, 1.54) is 6.42 Å². The lowest BCUT2D eigenvalue weighted by Crippen LogP contribution is -2.26. The molecule has 1 saturated heterocycles. The molecular formula is C15H22ClNO2. The molecule has 106 valence electrons. The first kappa shape index (κ1) is 14.6. The fourth-order valence-corrected chi connectivity index (χ4v) is 2.51. The van der Waals surface area contributed by atoms with Crippen molar-refractivity contribution in [3.63, 3.8) is 0 Å². The molecule has 1 fully saturated rings. The van der Waals surface area contributed by atoms with Crippen LogP contribution in [0.1, 0.15) is 31.7 Å². The Kier molecular flexibility index (Phi) is 5.49. The summed E-state index contributed by atoms with van der Waals surface area (Å²) in [6, 6.07) is 5.79. The van der Waals surface area contributed by atoms with Crippen LogP contribution in [0.5, 0.6) is 5.75 Å². The molecule has 19 heavy (non-hydrogen) atoms. The lowest BCUT2D eigenvalue weighted by Gasteiger charge is -2.23. The van der Waals surface area contributed by atoms with Gasteiger partial charge in [0, 0.05) is 17.7 Å². The molecule has 0 aromatic heterocycles. The van der Waals surface area contributed by atoms with Crippen molar-refractivity contribution in [1.29, 1.82) is 0 Å². The maximum Gasteiger partial charge on any atom is 0.122 e. The maximum absolute atomic E-state index is 6.03.